The van der Waals surface area contributed by atoms with Crippen molar-refractivity contribution in [3.05, 3.63) is 65.3 Å². The highest BCUT2D eigenvalue weighted by Gasteiger charge is 2.18. The summed E-state index contributed by atoms with van der Waals surface area (Å²) in [5.41, 5.74) is 2.07. The zero-order chi connectivity index (χ0) is 22.5. The maximum atomic E-state index is 12.1. The molecule has 0 aliphatic carbocycles. The summed E-state index contributed by atoms with van der Waals surface area (Å²) in [7, 11) is 2.04. The van der Waals surface area contributed by atoms with Gasteiger partial charge < -0.3 is 14.8 Å². The van der Waals surface area contributed by atoms with Gasteiger partial charge in [0.1, 0.15) is 0 Å². The van der Waals surface area contributed by atoms with Gasteiger partial charge in [-0.1, -0.05) is 29.4 Å². The van der Waals surface area contributed by atoms with Crippen LogP contribution in [0.2, 0.25) is 5.02 Å². The molecule has 1 aliphatic rings. The summed E-state index contributed by atoms with van der Waals surface area (Å²) in [6.07, 6.45) is 7.68. The number of carbonyl (C=O) groups is 2. The Morgan fingerprint density at radius 3 is 2.88 bits per heavy atom. The lowest BCUT2D eigenvalue weighted by molar-refractivity contribution is -0.127. The third-order valence-corrected chi connectivity index (χ3v) is 7.03. The second-order valence-electron chi connectivity index (χ2n) is 7.90. The SMILES string of the molecule is Cn1ccc2cc(Sc3ccc(C=CC(=O)NCCCN4CCCC4=O)cc3Cl)ccc21. The standard InChI is InChI=1S/C25H26ClN3O2S/c1-28-15-11-19-17-20(7-8-22(19)28)32-23-9-5-18(16-21(23)26)6-10-24(30)27-12-3-14-29-13-2-4-25(29)31/h5-11,15-17H,2-4,12-14H2,1H3,(H,27,30). The predicted octanol–water partition coefficient (Wildman–Crippen LogP) is 5.12. The van der Waals surface area contributed by atoms with Crippen molar-refractivity contribution < 1.29 is 9.59 Å². The molecule has 2 aromatic carbocycles. The molecule has 0 atom stereocenters. The van der Waals surface area contributed by atoms with Crippen molar-refractivity contribution in [3.8, 4) is 0 Å². The fraction of sp³-hybridized carbons (Fsp3) is 0.280. The normalized spacial score (nSPS) is 14.1. The maximum Gasteiger partial charge on any atom is 0.244 e. The number of carbonyl (C=O) groups excluding carboxylic acids is 2. The molecule has 166 valence electrons. The molecule has 4 rings (SSSR count). The van der Waals surface area contributed by atoms with Gasteiger partial charge in [-0.2, -0.15) is 0 Å². The third-order valence-electron chi connectivity index (χ3n) is 5.54. The van der Waals surface area contributed by atoms with Crippen LogP contribution in [0.4, 0.5) is 0 Å². The van der Waals surface area contributed by atoms with E-state index in [2.05, 4.69) is 40.3 Å². The van der Waals surface area contributed by atoms with Gasteiger partial charge in [-0.05, 0) is 60.9 Å². The lowest BCUT2D eigenvalue weighted by Gasteiger charge is -2.14. The fourth-order valence-electron chi connectivity index (χ4n) is 3.81. The van der Waals surface area contributed by atoms with Crippen molar-refractivity contribution in [1.82, 2.24) is 14.8 Å². The van der Waals surface area contributed by atoms with Gasteiger partial charge in [0.25, 0.3) is 0 Å². The second kappa shape index (κ2) is 10.3. The van der Waals surface area contributed by atoms with Gasteiger partial charge in [0.15, 0.2) is 0 Å². The summed E-state index contributed by atoms with van der Waals surface area (Å²) in [6.45, 7) is 2.09. The van der Waals surface area contributed by atoms with Crippen molar-refractivity contribution in [2.24, 2.45) is 7.05 Å². The third kappa shape index (κ3) is 5.56. The zero-order valence-corrected chi connectivity index (χ0v) is 19.6. The molecular formula is C25H26ClN3O2S. The van der Waals surface area contributed by atoms with E-state index >= 15 is 0 Å². The van der Waals surface area contributed by atoms with E-state index in [1.165, 1.54) is 17.0 Å². The van der Waals surface area contributed by atoms with Crippen LogP contribution in [0.3, 0.4) is 0 Å². The Morgan fingerprint density at radius 2 is 2.09 bits per heavy atom. The fourth-order valence-corrected chi connectivity index (χ4v) is 4.98. The van der Waals surface area contributed by atoms with Crippen molar-refractivity contribution in [3.63, 3.8) is 0 Å². The molecule has 1 aromatic heterocycles. The number of aryl methyl sites for hydroxylation is 1. The highest BCUT2D eigenvalue weighted by Crippen LogP contribution is 2.35. The van der Waals surface area contributed by atoms with E-state index in [-0.39, 0.29) is 11.8 Å². The number of nitrogens with one attached hydrogen (secondary N) is 1. The molecule has 3 aromatic rings. The number of hydrogen-bond donors (Lipinski definition) is 1. The van der Waals surface area contributed by atoms with Gasteiger partial charge >= 0.3 is 0 Å². The van der Waals surface area contributed by atoms with Crippen molar-refractivity contribution in [2.45, 2.75) is 29.1 Å². The highest BCUT2D eigenvalue weighted by molar-refractivity contribution is 7.99. The number of amides is 2. The molecule has 1 fully saturated rings. The number of fused-ring (bicyclic) bond motifs is 1. The Bertz CT molecular complexity index is 1170. The first-order valence-electron chi connectivity index (χ1n) is 10.8. The molecule has 0 bridgehead atoms. The Labute approximate surface area is 197 Å². The summed E-state index contributed by atoms with van der Waals surface area (Å²) in [4.78, 5) is 27.6. The first-order chi connectivity index (χ1) is 15.5. The molecule has 1 N–H and O–H groups in total. The largest absolute Gasteiger partial charge is 0.352 e. The summed E-state index contributed by atoms with van der Waals surface area (Å²) >= 11 is 8.12. The molecule has 32 heavy (non-hydrogen) atoms. The number of benzene rings is 2. The van der Waals surface area contributed by atoms with E-state index in [1.807, 2.05) is 30.1 Å². The van der Waals surface area contributed by atoms with Crippen molar-refractivity contribution in [2.75, 3.05) is 19.6 Å². The molecule has 2 amide bonds. The predicted molar refractivity (Wildman–Crippen MR) is 131 cm³/mol. The molecule has 0 radical (unpaired) electrons. The van der Waals surface area contributed by atoms with Crippen LogP contribution in [0.25, 0.3) is 17.0 Å². The Kier molecular flexibility index (Phi) is 7.22. The lowest BCUT2D eigenvalue weighted by Crippen LogP contribution is -2.29. The van der Waals surface area contributed by atoms with E-state index in [0.29, 0.717) is 24.5 Å². The number of nitrogens with zero attached hydrogens (tertiary/aromatic N) is 2. The summed E-state index contributed by atoms with van der Waals surface area (Å²) in [6, 6.07) is 14.3. The van der Waals surface area contributed by atoms with Gasteiger partial charge in [-0.15, -0.1) is 0 Å². The van der Waals surface area contributed by atoms with Gasteiger partial charge in [-0.3, -0.25) is 9.59 Å². The van der Waals surface area contributed by atoms with Crippen LogP contribution in [0, 0.1) is 0 Å². The molecule has 0 saturated carbocycles. The zero-order valence-electron chi connectivity index (χ0n) is 18.0. The summed E-state index contributed by atoms with van der Waals surface area (Å²) in [5, 5.41) is 4.72. The molecule has 0 unspecified atom stereocenters. The van der Waals surface area contributed by atoms with E-state index in [0.717, 1.165) is 34.7 Å². The molecular weight excluding hydrogens is 442 g/mol. The van der Waals surface area contributed by atoms with E-state index in [1.54, 1.807) is 17.8 Å². The first-order valence-corrected chi connectivity index (χ1v) is 12.0. The minimum atomic E-state index is -0.150. The van der Waals surface area contributed by atoms with Gasteiger partial charge in [0, 0.05) is 66.1 Å². The van der Waals surface area contributed by atoms with Crippen molar-refractivity contribution >= 4 is 52.2 Å². The van der Waals surface area contributed by atoms with Gasteiger partial charge in [-0.25, -0.2) is 0 Å². The lowest BCUT2D eigenvalue weighted by atomic mass is 10.2. The highest BCUT2D eigenvalue weighted by atomic mass is 35.5. The molecule has 2 heterocycles. The van der Waals surface area contributed by atoms with Crippen LogP contribution in [-0.2, 0) is 16.6 Å². The van der Waals surface area contributed by atoms with Gasteiger partial charge in [0.2, 0.25) is 11.8 Å². The Balaban J connectivity index is 1.28. The molecule has 1 aliphatic heterocycles. The number of rotatable bonds is 8. The van der Waals surface area contributed by atoms with E-state index in [4.69, 9.17) is 11.6 Å². The van der Waals surface area contributed by atoms with Crippen LogP contribution >= 0.6 is 23.4 Å². The van der Waals surface area contributed by atoms with Crippen molar-refractivity contribution in [1.29, 1.82) is 0 Å². The smallest absolute Gasteiger partial charge is 0.244 e. The molecule has 0 spiro atoms. The molecule has 5 nitrogen and oxygen atoms in total. The minimum Gasteiger partial charge on any atom is -0.352 e. The molecule has 1 saturated heterocycles. The summed E-state index contributed by atoms with van der Waals surface area (Å²) in [5.74, 6) is 0.0683. The Hall–Kier alpha value is -2.70. The molecule has 7 heteroatoms. The van der Waals surface area contributed by atoms with Gasteiger partial charge in [0.05, 0.1) is 5.02 Å². The van der Waals surface area contributed by atoms with E-state index < -0.39 is 0 Å². The van der Waals surface area contributed by atoms with Crippen LogP contribution in [0.1, 0.15) is 24.8 Å². The average molecular weight is 468 g/mol. The summed E-state index contributed by atoms with van der Waals surface area (Å²) < 4.78 is 2.10. The Morgan fingerprint density at radius 1 is 1.22 bits per heavy atom. The monoisotopic (exact) mass is 467 g/mol. The first kappa shape index (κ1) is 22.5. The quantitative estimate of drug-likeness (QED) is 0.369. The average Bonchev–Trinajstić information content (AvgIpc) is 3.36. The van der Waals surface area contributed by atoms with Crippen LogP contribution in [-0.4, -0.2) is 40.9 Å². The van der Waals surface area contributed by atoms with Crippen LogP contribution in [0.5, 0.6) is 0 Å². The number of aromatic nitrogens is 1. The minimum absolute atomic E-state index is 0.150. The second-order valence-corrected chi connectivity index (χ2v) is 9.42. The number of hydrogen-bond acceptors (Lipinski definition) is 3. The topological polar surface area (TPSA) is 54.3 Å². The van der Waals surface area contributed by atoms with Crippen LogP contribution < -0.4 is 5.32 Å². The van der Waals surface area contributed by atoms with E-state index in [9.17, 15) is 9.59 Å². The number of likely N-dealkylation sites (tertiary alicyclic amines) is 1. The van der Waals surface area contributed by atoms with Crippen LogP contribution in [0.15, 0.2) is 64.5 Å². The maximum absolute atomic E-state index is 12.1. The number of halogens is 1.